The Balaban J connectivity index is 3.43. The van der Waals surface area contributed by atoms with E-state index in [9.17, 15) is 50.1 Å². The minimum absolute atomic E-state index is 0.158. The lowest BCUT2D eigenvalue weighted by atomic mass is 9.88. The Kier molecular flexibility index (Phi) is 10.5. The molecule has 0 aromatic rings. The topological polar surface area (TPSA) is 264 Å². The average Bonchev–Trinajstić information content (AvgIpc) is 2.75. The highest BCUT2D eigenvalue weighted by molar-refractivity contribution is 5.76. The van der Waals surface area contributed by atoms with E-state index >= 15 is 0 Å². The number of aldehydes is 1. The summed E-state index contributed by atoms with van der Waals surface area (Å²) >= 11 is 0. The Morgan fingerprint density at radius 1 is 1.16 bits per heavy atom. The van der Waals surface area contributed by atoms with Crippen LogP contribution in [0.2, 0.25) is 0 Å². The molecule has 0 spiro atoms. The third kappa shape index (κ3) is 6.38. The second-order valence-corrected chi connectivity index (χ2v) is 7.33. The molecule has 186 valence electrons. The summed E-state index contributed by atoms with van der Waals surface area (Å²) in [6.45, 7) is -1.04. The summed E-state index contributed by atoms with van der Waals surface area (Å²) in [6, 6.07) is -1.50. The van der Waals surface area contributed by atoms with Crippen LogP contribution in [0.5, 0.6) is 0 Å². The fourth-order valence-electron chi connectivity index (χ4n) is 3.21. The van der Waals surface area contributed by atoms with E-state index in [2.05, 4.69) is 5.32 Å². The van der Waals surface area contributed by atoms with E-state index in [1.54, 1.807) is 0 Å². The van der Waals surface area contributed by atoms with Gasteiger partial charge in [-0.15, -0.1) is 0 Å². The Hall–Kier alpha value is -1.79. The normalized spacial score (nSPS) is 31.6. The van der Waals surface area contributed by atoms with Crippen molar-refractivity contribution in [3.05, 3.63) is 0 Å². The van der Waals surface area contributed by atoms with Crippen molar-refractivity contribution >= 4 is 18.2 Å². The lowest BCUT2D eigenvalue weighted by molar-refractivity contribution is -0.336. The molecule has 15 heteroatoms. The van der Waals surface area contributed by atoms with Crippen LogP contribution in [-0.2, 0) is 23.9 Å². The lowest BCUT2D eigenvalue weighted by Gasteiger charge is -2.48. The molecule has 1 heterocycles. The highest BCUT2D eigenvalue weighted by Crippen LogP contribution is 2.35. The van der Waals surface area contributed by atoms with Gasteiger partial charge in [-0.05, 0) is 0 Å². The van der Waals surface area contributed by atoms with Crippen LogP contribution in [0.3, 0.4) is 0 Å². The summed E-state index contributed by atoms with van der Waals surface area (Å²) in [4.78, 5) is 34.6. The first-order chi connectivity index (χ1) is 14.8. The molecule has 10 atom stereocenters. The van der Waals surface area contributed by atoms with Crippen molar-refractivity contribution in [3.8, 4) is 0 Å². The predicted octanol–water partition coefficient (Wildman–Crippen LogP) is -6.20. The van der Waals surface area contributed by atoms with Crippen molar-refractivity contribution < 1.29 is 69.8 Å². The molecule has 0 unspecified atom stereocenters. The van der Waals surface area contributed by atoms with Gasteiger partial charge in [0.05, 0.1) is 25.4 Å². The van der Waals surface area contributed by atoms with Crippen molar-refractivity contribution in [2.45, 2.75) is 74.0 Å². The summed E-state index contributed by atoms with van der Waals surface area (Å²) in [5.74, 6) is -5.69. The first-order valence-electron chi connectivity index (χ1n) is 9.46. The fourth-order valence-corrected chi connectivity index (χ4v) is 3.21. The molecule has 10 N–H and O–H groups in total. The van der Waals surface area contributed by atoms with Crippen molar-refractivity contribution in [2.24, 2.45) is 0 Å². The van der Waals surface area contributed by atoms with Gasteiger partial charge in [-0.1, -0.05) is 0 Å². The summed E-state index contributed by atoms with van der Waals surface area (Å²) in [7, 11) is 0. The number of ether oxygens (including phenoxy) is 2. The van der Waals surface area contributed by atoms with Gasteiger partial charge in [0.1, 0.15) is 42.7 Å². The van der Waals surface area contributed by atoms with E-state index in [0.717, 1.165) is 6.92 Å². The monoisotopic (exact) mass is 471 g/mol. The van der Waals surface area contributed by atoms with Crippen molar-refractivity contribution in [3.63, 3.8) is 0 Å². The van der Waals surface area contributed by atoms with Gasteiger partial charge >= 0.3 is 5.97 Å². The average molecular weight is 471 g/mol. The molecule has 1 aliphatic heterocycles. The van der Waals surface area contributed by atoms with Gasteiger partial charge in [-0.25, -0.2) is 4.79 Å². The first-order valence-corrected chi connectivity index (χ1v) is 9.46. The SMILES string of the molecule is CC(=O)N[C@H]1[C@H]([C@H](O)[C@H](O)CO)O[C@@](O[C@@H]([C@@H](O)[C@H](O)CO)[C@@H](O)C=O)(C(=O)O)C[C@@H]1O. The number of carboxylic acid groups (broad SMARTS) is 1. The second-order valence-electron chi connectivity index (χ2n) is 7.33. The minimum atomic E-state index is -2.99. The van der Waals surface area contributed by atoms with Crippen molar-refractivity contribution in [1.29, 1.82) is 0 Å². The van der Waals surface area contributed by atoms with Crippen LogP contribution >= 0.6 is 0 Å². The van der Waals surface area contributed by atoms with E-state index in [1.807, 2.05) is 0 Å². The molecular formula is C17H29NO14. The number of hydrogen-bond acceptors (Lipinski definition) is 13. The number of aliphatic carboxylic acids is 1. The number of nitrogens with one attached hydrogen (secondary N) is 1. The second kappa shape index (κ2) is 11.9. The third-order valence-electron chi connectivity index (χ3n) is 4.91. The number of aliphatic hydroxyl groups excluding tert-OH is 8. The zero-order chi connectivity index (χ0) is 24.8. The van der Waals surface area contributed by atoms with Gasteiger partial charge < -0.3 is 65.5 Å². The molecule has 0 radical (unpaired) electrons. The largest absolute Gasteiger partial charge is 0.477 e. The fraction of sp³-hybridized carbons (Fsp3) is 0.824. The van der Waals surface area contributed by atoms with Crippen LogP contribution in [0.1, 0.15) is 13.3 Å². The van der Waals surface area contributed by atoms with Gasteiger partial charge in [0.15, 0.2) is 6.29 Å². The molecule has 0 aromatic carbocycles. The molecule has 1 rings (SSSR count). The zero-order valence-electron chi connectivity index (χ0n) is 17.0. The molecule has 0 saturated carbocycles. The molecule has 0 aliphatic carbocycles. The number of amides is 1. The zero-order valence-corrected chi connectivity index (χ0v) is 17.0. The van der Waals surface area contributed by atoms with E-state index in [0.29, 0.717) is 0 Å². The standard InChI is InChI=1S/C17H29NO14/c1-6(22)18-11-7(23)2-17(16(29)30,32-15(11)13(28)9(25)4-20)31-14(10(26)5-21)12(27)8(24)3-19/h5,7-15,19-20,23-28H,2-4H2,1H3,(H,18,22)(H,29,30)/t7-,8+,9+,10-,11+,12-,13+,14+,15+,17+/m0/s1. The number of rotatable bonds is 12. The Labute approximate surface area is 181 Å². The van der Waals surface area contributed by atoms with Crippen LogP contribution in [0.15, 0.2) is 0 Å². The van der Waals surface area contributed by atoms with Crippen LogP contribution in [0.4, 0.5) is 0 Å². The van der Waals surface area contributed by atoms with Gasteiger partial charge in [-0.3, -0.25) is 4.79 Å². The lowest BCUT2D eigenvalue weighted by Crippen LogP contribution is -2.69. The number of carbonyl (C=O) groups is 3. The van der Waals surface area contributed by atoms with Crippen LogP contribution in [0, 0.1) is 0 Å². The maximum absolute atomic E-state index is 12.1. The van der Waals surface area contributed by atoms with Gasteiger partial charge in [0.25, 0.3) is 5.79 Å². The Morgan fingerprint density at radius 3 is 2.16 bits per heavy atom. The number of carbonyl (C=O) groups excluding carboxylic acids is 2. The van der Waals surface area contributed by atoms with Gasteiger partial charge in [0, 0.05) is 13.3 Å². The predicted molar refractivity (Wildman–Crippen MR) is 98.6 cm³/mol. The maximum Gasteiger partial charge on any atom is 0.364 e. The van der Waals surface area contributed by atoms with Crippen LogP contribution in [-0.4, -0.2) is 138 Å². The Morgan fingerprint density at radius 2 is 1.72 bits per heavy atom. The van der Waals surface area contributed by atoms with Crippen molar-refractivity contribution in [2.75, 3.05) is 13.2 Å². The highest BCUT2D eigenvalue weighted by atomic mass is 16.7. The van der Waals surface area contributed by atoms with E-state index in [-0.39, 0.29) is 6.29 Å². The molecule has 0 aromatic heterocycles. The summed E-state index contributed by atoms with van der Waals surface area (Å²) in [5, 5.41) is 90.2. The van der Waals surface area contributed by atoms with E-state index in [4.69, 9.17) is 19.7 Å². The molecule has 1 aliphatic rings. The molecule has 0 bridgehead atoms. The molecule has 1 saturated heterocycles. The van der Waals surface area contributed by atoms with E-state index < -0.39 is 92.2 Å². The summed E-state index contributed by atoms with van der Waals surface area (Å²) < 4.78 is 10.4. The number of carboxylic acids is 1. The molecule has 1 amide bonds. The summed E-state index contributed by atoms with van der Waals surface area (Å²) in [6.07, 6.45) is -17.5. The van der Waals surface area contributed by atoms with Gasteiger partial charge in [0.2, 0.25) is 5.91 Å². The van der Waals surface area contributed by atoms with Gasteiger partial charge in [-0.2, -0.15) is 0 Å². The molecule has 32 heavy (non-hydrogen) atoms. The Bertz CT molecular complexity index is 649. The van der Waals surface area contributed by atoms with Crippen LogP contribution in [0.25, 0.3) is 0 Å². The quantitative estimate of drug-likeness (QED) is 0.119. The van der Waals surface area contributed by atoms with E-state index in [1.165, 1.54) is 0 Å². The highest BCUT2D eigenvalue weighted by Gasteiger charge is 2.57. The molecule has 1 fully saturated rings. The maximum atomic E-state index is 12.1. The third-order valence-corrected chi connectivity index (χ3v) is 4.91. The minimum Gasteiger partial charge on any atom is -0.477 e. The number of hydrogen-bond donors (Lipinski definition) is 10. The smallest absolute Gasteiger partial charge is 0.364 e. The molecule has 15 nitrogen and oxygen atoms in total. The van der Waals surface area contributed by atoms with Crippen molar-refractivity contribution in [1.82, 2.24) is 5.32 Å². The summed E-state index contributed by atoms with van der Waals surface area (Å²) in [5.41, 5.74) is 0. The first kappa shape index (κ1) is 28.2. The molecular weight excluding hydrogens is 442 g/mol. The van der Waals surface area contributed by atoms with Crippen LogP contribution < -0.4 is 5.32 Å². The number of aliphatic hydroxyl groups is 8.